The van der Waals surface area contributed by atoms with E-state index in [0.29, 0.717) is 11.9 Å². The van der Waals surface area contributed by atoms with Gasteiger partial charge in [-0.15, -0.1) is 0 Å². The maximum atomic E-state index is 5.76. The molecule has 1 saturated heterocycles. The van der Waals surface area contributed by atoms with E-state index >= 15 is 0 Å². The number of aromatic nitrogens is 4. The van der Waals surface area contributed by atoms with Gasteiger partial charge in [0.1, 0.15) is 5.82 Å². The Balaban J connectivity index is 1.60. The number of rotatable bonds is 3. The topological polar surface area (TPSA) is 87.0 Å². The van der Waals surface area contributed by atoms with Gasteiger partial charge in [0.15, 0.2) is 0 Å². The van der Waals surface area contributed by atoms with Crippen molar-refractivity contribution in [3.8, 4) is 0 Å². The molecule has 0 radical (unpaired) electrons. The predicted molar refractivity (Wildman–Crippen MR) is 98.3 cm³/mol. The summed E-state index contributed by atoms with van der Waals surface area (Å²) in [4.78, 5) is 21.5. The Hall–Kier alpha value is -2.15. The Morgan fingerprint density at radius 2 is 2.04 bits per heavy atom. The van der Waals surface area contributed by atoms with Gasteiger partial charge < -0.3 is 15.6 Å². The van der Waals surface area contributed by atoms with E-state index in [1.54, 1.807) is 6.20 Å². The third kappa shape index (κ3) is 2.86. The highest BCUT2D eigenvalue weighted by Gasteiger charge is 2.46. The van der Waals surface area contributed by atoms with Crippen molar-refractivity contribution in [3.63, 3.8) is 0 Å². The summed E-state index contributed by atoms with van der Waals surface area (Å²) in [5.41, 5.74) is 8.39. The number of hydrogen-bond donors (Lipinski definition) is 2. The van der Waals surface area contributed by atoms with E-state index in [-0.39, 0.29) is 5.54 Å². The Morgan fingerprint density at radius 3 is 2.76 bits per heavy atom. The van der Waals surface area contributed by atoms with Crippen molar-refractivity contribution in [1.82, 2.24) is 24.8 Å². The first-order valence-electron chi connectivity index (χ1n) is 9.20. The SMILES string of the molecule is CC(C)CN1CCc2[nH]cnc2C12CCN(c1ccnc(N)n1)CC2. The smallest absolute Gasteiger partial charge is 0.221 e. The van der Waals surface area contributed by atoms with E-state index in [9.17, 15) is 0 Å². The molecule has 0 bridgehead atoms. The monoisotopic (exact) mass is 341 g/mol. The summed E-state index contributed by atoms with van der Waals surface area (Å²) < 4.78 is 0. The number of fused-ring (bicyclic) bond motifs is 2. The van der Waals surface area contributed by atoms with E-state index in [4.69, 9.17) is 10.7 Å². The van der Waals surface area contributed by atoms with Crippen LogP contribution in [0, 0.1) is 5.92 Å². The van der Waals surface area contributed by atoms with Crippen LogP contribution in [0.15, 0.2) is 18.6 Å². The van der Waals surface area contributed by atoms with Crippen molar-refractivity contribution in [2.45, 2.75) is 38.6 Å². The highest BCUT2D eigenvalue weighted by molar-refractivity contribution is 5.42. The van der Waals surface area contributed by atoms with Crippen molar-refractivity contribution < 1.29 is 0 Å². The van der Waals surface area contributed by atoms with Crippen LogP contribution in [0.1, 0.15) is 38.1 Å². The zero-order valence-electron chi connectivity index (χ0n) is 15.1. The first-order valence-corrected chi connectivity index (χ1v) is 9.20. The molecule has 2 aromatic rings. The number of hydrogen-bond acceptors (Lipinski definition) is 6. The van der Waals surface area contributed by atoms with Crippen LogP contribution >= 0.6 is 0 Å². The van der Waals surface area contributed by atoms with Crippen LogP contribution in [0.3, 0.4) is 0 Å². The molecule has 1 fully saturated rings. The summed E-state index contributed by atoms with van der Waals surface area (Å²) in [6.07, 6.45) is 6.78. The molecule has 4 heterocycles. The van der Waals surface area contributed by atoms with E-state index in [2.05, 4.69) is 38.6 Å². The number of piperidine rings is 1. The molecule has 0 unspecified atom stereocenters. The minimum Gasteiger partial charge on any atom is -0.368 e. The molecule has 0 saturated carbocycles. The average molecular weight is 341 g/mol. The first-order chi connectivity index (χ1) is 12.1. The number of anilines is 2. The van der Waals surface area contributed by atoms with E-state index in [1.165, 1.54) is 11.4 Å². The molecule has 0 atom stereocenters. The van der Waals surface area contributed by atoms with Gasteiger partial charge in [0.25, 0.3) is 0 Å². The first kappa shape index (κ1) is 16.3. The fourth-order valence-corrected chi connectivity index (χ4v) is 4.43. The molecule has 2 aliphatic rings. The van der Waals surface area contributed by atoms with Crippen molar-refractivity contribution in [2.24, 2.45) is 5.92 Å². The zero-order valence-corrected chi connectivity index (χ0v) is 15.1. The number of imidazole rings is 1. The van der Waals surface area contributed by atoms with Gasteiger partial charge in [-0.3, -0.25) is 4.90 Å². The van der Waals surface area contributed by atoms with Crippen molar-refractivity contribution in [3.05, 3.63) is 30.0 Å². The van der Waals surface area contributed by atoms with E-state index in [0.717, 1.165) is 51.3 Å². The van der Waals surface area contributed by atoms with E-state index < -0.39 is 0 Å². The van der Waals surface area contributed by atoms with Gasteiger partial charge in [0, 0.05) is 44.5 Å². The highest BCUT2D eigenvalue weighted by atomic mass is 15.3. The van der Waals surface area contributed by atoms with Crippen molar-refractivity contribution in [1.29, 1.82) is 0 Å². The van der Waals surface area contributed by atoms with Gasteiger partial charge in [0.2, 0.25) is 5.95 Å². The molecular formula is C18H27N7. The molecule has 2 aliphatic heterocycles. The molecule has 4 rings (SSSR count). The largest absolute Gasteiger partial charge is 0.368 e. The van der Waals surface area contributed by atoms with Crippen LogP contribution in [0.5, 0.6) is 0 Å². The lowest BCUT2D eigenvalue weighted by molar-refractivity contribution is 0.0341. The standard InChI is InChI=1S/C18H27N7/c1-13(2)11-25-8-4-14-16(22-12-21-14)18(25)5-9-24(10-6-18)15-3-7-20-17(19)23-15/h3,7,12-13H,4-6,8-11H2,1-2H3,(H,21,22)(H2,19,20,23). The molecule has 0 aromatic carbocycles. The molecule has 25 heavy (non-hydrogen) atoms. The fourth-order valence-electron chi connectivity index (χ4n) is 4.43. The molecule has 7 heteroatoms. The summed E-state index contributed by atoms with van der Waals surface area (Å²) >= 11 is 0. The number of nitrogens with two attached hydrogens (primary N) is 1. The van der Waals surface area contributed by atoms with Crippen molar-refractivity contribution >= 4 is 11.8 Å². The summed E-state index contributed by atoms with van der Waals surface area (Å²) in [5, 5.41) is 0. The number of aromatic amines is 1. The summed E-state index contributed by atoms with van der Waals surface area (Å²) in [6, 6.07) is 1.95. The lowest BCUT2D eigenvalue weighted by Crippen LogP contribution is -2.57. The Labute approximate surface area is 148 Å². The molecule has 3 N–H and O–H groups in total. The summed E-state index contributed by atoms with van der Waals surface area (Å²) in [7, 11) is 0. The normalized spacial score (nSPS) is 20.2. The second kappa shape index (κ2) is 6.29. The van der Waals surface area contributed by atoms with Gasteiger partial charge in [-0.2, -0.15) is 4.98 Å². The van der Waals surface area contributed by atoms with Crippen LogP contribution < -0.4 is 10.6 Å². The zero-order chi connectivity index (χ0) is 17.4. The second-order valence-electron chi connectivity index (χ2n) is 7.61. The lowest BCUT2D eigenvalue weighted by Gasteiger charge is -2.51. The Bertz CT molecular complexity index is 731. The van der Waals surface area contributed by atoms with Crippen LogP contribution in [-0.2, 0) is 12.0 Å². The van der Waals surface area contributed by atoms with Gasteiger partial charge in [0.05, 0.1) is 17.6 Å². The van der Waals surface area contributed by atoms with Crippen LogP contribution in [0.25, 0.3) is 0 Å². The number of nitrogen functional groups attached to an aromatic ring is 1. The summed E-state index contributed by atoms with van der Waals surface area (Å²) in [5.74, 6) is 1.92. The average Bonchev–Trinajstić information content (AvgIpc) is 3.08. The van der Waals surface area contributed by atoms with Gasteiger partial charge >= 0.3 is 0 Å². The maximum absolute atomic E-state index is 5.76. The Kier molecular flexibility index (Phi) is 4.11. The fraction of sp³-hybridized carbons (Fsp3) is 0.611. The molecule has 2 aromatic heterocycles. The molecule has 0 amide bonds. The molecule has 134 valence electrons. The van der Waals surface area contributed by atoms with Crippen LogP contribution in [0.2, 0.25) is 0 Å². The van der Waals surface area contributed by atoms with Gasteiger partial charge in [-0.25, -0.2) is 9.97 Å². The van der Waals surface area contributed by atoms with Crippen LogP contribution in [-0.4, -0.2) is 51.0 Å². The molecule has 1 spiro atoms. The van der Waals surface area contributed by atoms with Crippen molar-refractivity contribution in [2.75, 3.05) is 36.8 Å². The number of nitrogens with one attached hydrogen (secondary N) is 1. The number of nitrogens with zero attached hydrogens (tertiary/aromatic N) is 5. The minimum absolute atomic E-state index is 0.0485. The quantitative estimate of drug-likeness (QED) is 0.885. The van der Waals surface area contributed by atoms with Crippen LogP contribution in [0.4, 0.5) is 11.8 Å². The predicted octanol–water partition coefficient (Wildman–Crippen LogP) is 1.79. The summed E-state index contributed by atoms with van der Waals surface area (Å²) in [6.45, 7) is 8.73. The molecular weight excluding hydrogens is 314 g/mol. The van der Waals surface area contributed by atoms with E-state index in [1.807, 2.05) is 12.4 Å². The van der Waals surface area contributed by atoms with Gasteiger partial charge in [-0.05, 0) is 24.8 Å². The highest BCUT2D eigenvalue weighted by Crippen LogP contribution is 2.43. The lowest BCUT2D eigenvalue weighted by atomic mass is 9.78. The third-order valence-corrected chi connectivity index (χ3v) is 5.56. The Morgan fingerprint density at radius 1 is 1.24 bits per heavy atom. The number of H-pyrrole nitrogens is 1. The third-order valence-electron chi connectivity index (χ3n) is 5.56. The maximum Gasteiger partial charge on any atom is 0.221 e. The molecule has 7 nitrogen and oxygen atoms in total. The van der Waals surface area contributed by atoms with Gasteiger partial charge in [-0.1, -0.05) is 13.8 Å². The molecule has 0 aliphatic carbocycles. The second-order valence-corrected chi connectivity index (χ2v) is 7.61. The minimum atomic E-state index is 0.0485.